The van der Waals surface area contributed by atoms with Crippen LogP contribution in [0.1, 0.15) is 12.8 Å². The van der Waals surface area contributed by atoms with Crippen LogP contribution >= 0.6 is 0 Å². The minimum Gasteiger partial charge on any atom is -0.251 e. The van der Waals surface area contributed by atoms with Crippen LogP contribution in [0.15, 0.2) is 12.7 Å². The number of quaternary nitrogens is 1. The van der Waals surface area contributed by atoms with Gasteiger partial charge in [-0.15, -0.1) is 0 Å². The molecule has 29 heavy (non-hydrogen) atoms. The van der Waals surface area contributed by atoms with Crippen molar-refractivity contribution in [3.05, 3.63) is 12.7 Å². The predicted molar refractivity (Wildman–Crippen MR) is 70.1 cm³/mol. The predicted octanol–water partition coefficient (Wildman–Crippen LogP) is 5.05. The van der Waals surface area contributed by atoms with E-state index < -0.39 is 71.6 Å². The van der Waals surface area contributed by atoms with Crippen LogP contribution in [-0.4, -0.2) is 65.8 Å². The van der Waals surface area contributed by atoms with Crippen molar-refractivity contribution in [2.45, 2.75) is 54.7 Å². The van der Waals surface area contributed by atoms with Gasteiger partial charge >= 0.3 is 41.7 Å². The van der Waals surface area contributed by atoms with Crippen molar-refractivity contribution in [3.8, 4) is 0 Å². The summed E-state index contributed by atoms with van der Waals surface area (Å²) in [5.74, 6) is -38.7. The molecule has 1 heterocycles. The number of hydrogen-bond acceptors (Lipinski definition) is 1. The lowest BCUT2D eigenvalue weighted by molar-refractivity contribution is -0.857. The van der Waals surface area contributed by atoms with Gasteiger partial charge in [-0.1, -0.05) is 6.58 Å². The lowest BCUT2D eigenvalue weighted by Gasteiger charge is -2.43. The molecule has 1 saturated heterocycles. The fourth-order valence-corrected chi connectivity index (χ4v) is 3.06. The highest BCUT2D eigenvalue weighted by Gasteiger charge is 2.92. The summed E-state index contributed by atoms with van der Waals surface area (Å²) in [5.41, 5.74) is 0. The summed E-state index contributed by atoms with van der Waals surface area (Å²) in [6.07, 6.45) is -8.68. The Kier molecular flexibility index (Phi) is 5.92. The number of carbonyl (C=O) groups excluding carboxylic acids is 1. The van der Waals surface area contributed by atoms with Crippen molar-refractivity contribution >= 4 is 5.91 Å². The molecule has 0 spiro atoms. The summed E-state index contributed by atoms with van der Waals surface area (Å²) in [6.45, 7) is 2.24. The van der Waals surface area contributed by atoms with Crippen molar-refractivity contribution in [1.29, 1.82) is 0 Å². The Bertz CT molecular complexity index is 669. The van der Waals surface area contributed by atoms with Gasteiger partial charge in [-0.25, -0.2) is 4.79 Å². The van der Waals surface area contributed by atoms with Crippen molar-refractivity contribution in [2.24, 2.45) is 0 Å². The Balaban J connectivity index is 3.58. The van der Waals surface area contributed by atoms with Crippen LogP contribution in [0.3, 0.4) is 0 Å². The number of nitrogens with zero attached hydrogens (tertiary/aromatic N) is 1. The molecular formula is C14H13F13NO+. The van der Waals surface area contributed by atoms with Crippen LogP contribution < -0.4 is 0 Å². The Morgan fingerprint density at radius 1 is 0.828 bits per heavy atom. The topological polar surface area (TPSA) is 17.1 Å². The molecule has 15 heteroatoms. The zero-order valence-electron chi connectivity index (χ0n) is 14.3. The second-order valence-electron chi connectivity index (χ2n) is 6.61. The first kappa shape index (κ1) is 25.5. The van der Waals surface area contributed by atoms with Crippen LogP contribution in [-0.2, 0) is 4.79 Å². The first-order valence-corrected chi connectivity index (χ1v) is 7.55. The molecule has 1 fully saturated rings. The van der Waals surface area contributed by atoms with Crippen LogP contribution in [0, 0.1) is 0 Å². The summed E-state index contributed by atoms with van der Waals surface area (Å²) in [6, 6.07) is -3.12. The maximum absolute atomic E-state index is 14.3. The molecule has 0 aromatic heterocycles. The molecule has 1 rings (SSSR count). The molecule has 2 unspecified atom stereocenters. The second-order valence-corrected chi connectivity index (χ2v) is 6.61. The lowest BCUT2D eigenvalue weighted by atomic mass is 9.89. The first-order chi connectivity index (χ1) is 12.6. The zero-order chi connectivity index (χ0) is 23.5. The quantitative estimate of drug-likeness (QED) is 0.310. The Morgan fingerprint density at radius 3 is 1.62 bits per heavy atom. The highest BCUT2D eigenvalue weighted by atomic mass is 19.4. The van der Waals surface area contributed by atoms with Crippen LogP contribution in [0.4, 0.5) is 57.1 Å². The van der Waals surface area contributed by atoms with Gasteiger partial charge in [0.1, 0.15) is 0 Å². The van der Waals surface area contributed by atoms with Crippen molar-refractivity contribution in [2.75, 3.05) is 13.6 Å². The number of likely N-dealkylation sites (tertiary alicyclic amines) is 1. The van der Waals surface area contributed by atoms with E-state index in [2.05, 4.69) is 6.58 Å². The fraction of sp³-hybridized carbons (Fsp3) is 0.786. The standard InChI is InChI=1S/C14H13F13NO/c1-3-8(29)28(2)6-4-5-7(28)9(15,16)10(17,18)11(19,20)12(21,22)13(23,24)14(25,26)27/h3,7H,1,4-6H2,2H3/q+1. The number of amides is 1. The Hall–Kier alpha value is -1.54. The van der Waals surface area contributed by atoms with E-state index in [9.17, 15) is 61.9 Å². The Labute approximate surface area is 154 Å². The van der Waals surface area contributed by atoms with Crippen molar-refractivity contribution < 1.29 is 66.4 Å². The van der Waals surface area contributed by atoms with E-state index in [4.69, 9.17) is 0 Å². The number of carbonyl (C=O) groups is 1. The zero-order valence-corrected chi connectivity index (χ0v) is 14.3. The van der Waals surface area contributed by atoms with Gasteiger partial charge in [0.25, 0.3) is 0 Å². The van der Waals surface area contributed by atoms with E-state index >= 15 is 0 Å². The van der Waals surface area contributed by atoms with Gasteiger partial charge in [-0.2, -0.15) is 57.1 Å². The maximum Gasteiger partial charge on any atom is 0.460 e. The average Bonchev–Trinajstić information content (AvgIpc) is 2.95. The molecule has 1 aliphatic heterocycles. The van der Waals surface area contributed by atoms with Gasteiger partial charge in [-0.3, -0.25) is 4.48 Å². The first-order valence-electron chi connectivity index (χ1n) is 7.55. The summed E-state index contributed by atoms with van der Waals surface area (Å²) in [5, 5.41) is 0. The number of hydrogen-bond donors (Lipinski definition) is 0. The van der Waals surface area contributed by atoms with Crippen LogP contribution in [0.2, 0.25) is 0 Å². The minimum atomic E-state index is -7.95. The van der Waals surface area contributed by atoms with E-state index in [1.165, 1.54) is 0 Å². The summed E-state index contributed by atoms with van der Waals surface area (Å²) < 4.78 is 170. The average molecular weight is 458 g/mol. The smallest absolute Gasteiger partial charge is 0.251 e. The molecule has 0 radical (unpaired) electrons. The summed E-state index contributed by atoms with van der Waals surface area (Å²) in [4.78, 5) is 11.7. The molecule has 0 N–H and O–H groups in total. The molecule has 170 valence electrons. The van der Waals surface area contributed by atoms with E-state index in [0.717, 1.165) is 0 Å². The van der Waals surface area contributed by atoms with E-state index in [1.54, 1.807) is 0 Å². The molecule has 0 saturated carbocycles. The van der Waals surface area contributed by atoms with E-state index in [-0.39, 0.29) is 0 Å². The largest absolute Gasteiger partial charge is 0.460 e. The molecule has 1 aliphatic rings. The van der Waals surface area contributed by atoms with Crippen molar-refractivity contribution in [1.82, 2.24) is 0 Å². The van der Waals surface area contributed by atoms with Gasteiger partial charge in [0.2, 0.25) is 0 Å². The van der Waals surface area contributed by atoms with Gasteiger partial charge < -0.3 is 0 Å². The highest BCUT2D eigenvalue weighted by Crippen LogP contribution is 2.61. The van der Waals surface area contributed by atoms with E-state index in [0.29, 0.717) is 13.1 Å². The SMILES string of the molecule is C=CC(=O)[N+]1(C)CCCC1C(F)(F)C(F)(F)C(F)(F)C(F)(F)C(F)(F)C(F)(F)F. The molecule has 2 nitrogen and oxygen atoms in total. The third-order valence-electron chi connectivity index (χ3n) is 4.84. The number of halogens is 13. The number of rotatable bonds is 6. The number of likely N-dealkylation sites (N-methyl/N-ethyl adjacent to an activating group) is 1. The molecule has 2 atom stereocenters. The van der Waals surface area contributed by atoms with Gasteiger partial charge in [-0.05, 0) is 0 Å². The lowest BCUT2D eigenvalue weighted by Crippen LogP contribution is -2.74. The fourth-order valence-electron chi connectivity index (χ4n) is 3.06. The molecule has 0 aromatic carbocycles. The van der Waals surface area contributed by atoms with Gasteiger partial charge in [0, 0.05) is 18.9 Å². The van der Waals surface area contributed by atoms with Crippen molar-refractivity contribution in [3.63, 3.8) is 0 Å². The Morgan fingerprint density at radius 2 is 1.24 bits per heavy atom. The van der Waals surface area contributed by atoms with Crippen LogP contribution in [0.5, 0.6) is 0 Å². The summed E-state index contributed by atoms with van der Waals surface area (Å²) >= 11 is 0. The second kappa shape index (κ2) is 6.74. The molecule has 0 aliphatic carbocycles. The maximum atomic E-state index is 14.3. The minimum absolute atomic E-state index is 0.358. The molecule has 0 bridgehead atoms. The molecule has 1 amide bonds. The third kappa shape index (κ3) is 3.19. The highest BCUT2D eigenvalue weighted by molar-refractivity contribution is 5.81. The van der Waals surface area contributed by atoms with Gasteiger partial charge in [0.15, 0.2) is 6.04 Å². The normalized spacial score (nSPS) is 25.2. The molecule has 0 aromatic rings. The van der Waals surface area contributed by atoms with Crippen LogP contribution in [0.25, 0.3) is 0 Å². The molecular weight excluding hydrogens is 445 g/mol. The third-order valence-corrected chi connectivity index (χ3v) is 4.84. The monoisotopic (exact) mass is 458 g/mol. The van der Waals surface area contributed by atoms with Gasteiger partial charge in [0.05, 0.1) is 13.6 Å². The summed E-state index contributed by atoms with van der Waals surface area (Å²) in [7, 11) is 0.562. The van der Waals surface area contributed by atoms with E-state index in [1.807, 2.05) is 0 Å². The number of alkyl halides is 13.